The molecule has 1 amide bonds. The van der Waals surface area contributed by atoms with E-state index in [1.54, 1.807) is 0 Å². The van der Waals surface area contributed by atoms with E-state index in [1.165, 1.54) is 0 Å². The molecule has 0 aliphatic carbocycles. The molecular formula is C18H33N5OS2. The van der Waals surface area contributed by atoms with Gasteiger partial charge in [0.05, 0.1) is 5.54 Å². The molecule has 2 saturated heterocycles. The van der Waals surface area contributed by atoms with Crippen LogP contribution in [0.5, 0.6) is 0 Å². The first kappa shape index (κ1) is 21.3. The minimum absolute atomic E-state index is 0.0429. The van der Waals surface area contributed by atoms with Crippen molar-refractivity contribution in [3.8, 4) is 0 Å². The van der Waals surface area contributed by atoms with Gasteiger partial charge in [0.2, 0.25) is 5.91 Å². The number of thiocarbonyl (C=S) groups is 2. The summed E-state index contributed by atoms with van der Waals surface area (Å²) >= 11 is 11.3. The highest BCUT2D eigenvalue weighted by molar-refractivity contribution is 7.80. The highest BCUT2D eigenvalue weighted by Crippen LogP contribution is 2.40. The molecule has 0 spiro atoms. The van der Waals surface area contributed by atoms with Gasteiger partial charge in [0.25, 0.3) is 0 Å². The summed E-state index contributed by atoms with van der Waals surface area (Å²) in [5.74, 6) is -0.0429. The fraction of sp³-hybridized carbons (Fsp3) is 0.833. The fourth-order valence-corrected chi connectivity index (χ4v) is 4.84. The molecule has 3 N–H and O–H groups in total. The third-order valence-electron chi connectivity index (χ3n) is 5.49. The molecule has 0 aromatic carbocycles. The van der Waals surface area contributed by atoms with E-state index >= 15 is 0 Å². The summed E-state index contributed by atoms with van der Waals surface area (Å²) in [6.45, 7) is 11.5. The molecule has 0 radical (unpaired) electrons. The summed E-state index contributed by atoms with van der Waals surface area (Å²) in [7, 11) is 0. The van der Waals surface area contributed by atoms with Crippen molar-refractivity contribution in [3.63, 3.8) is 0 Å². The molecule has 0 saturated carbocycles. The van der Waals surface area contributed by atoms with Crippen LogP contribution in [0.2, 0.25) is 0 Å². The summed E-state index contributed by atoms with van der Waals surface area (Å²) < 4.78 is 0. The van der Waals surface area contributed by atoms with Crippen LogP contribution in [0.15, 0.2) is 0 Å². The molecule has 0 aromatic rings. The summed E-state index contributed by atoms with van der Waals surface area (Å²) in [6, 6.07) is 0. The zero-order chi connectivity index (χ0) is 19.4. The van der Waals surface area contributed by atoms with E-state index in [1.807, 2.05) is 0 Å². The van der Waals surface area contributed by atoms with Gasteiger partial charge in [0.1, 0.15) is 12.2 Å². The van der Waals surface area contributed by atoms with Crippen molar-refractivity contribution in [3.05, 3.63) is 0 Å². The van der Waals surface area contributed by atoms with Crippen LogP contribution in [-0.4, -0.2) is 63.3 Å². The van der Waals surface area contributed by atoms with E-state index in [-0.39, 0.29) is 18.0 Å². The van der Waals surface area contributed by atoms with Crippen LogP contribution in [0.4, 0.5) is 0 Å². The molecule has 1 atom stereocenters. The number of hydrogen-bond donors (Lipinski definition) is 3. The zero-order valence-electron chi connectivity index (χ0n) is 16.5. The van der Waals surface area contributed by atoms with Gasteiger partial charge in [0, 0.05) is 19.6 Å². The normalized spacial score (nSPS) is 25.4. The van der Waals surface area contributed by atoms with Gasteiger partial charge in [-0.3, -0.25) is 4.79 Å². The molecule has 8 heteroatoms. The van der Waals surface area contributed by atoms with Gasteiger partial charge in [-0.15, -0.1) is 0 Å². The maximum absolute atomic E-state index is 12.1. The van der Waals surface area contributed by atoms with Crippen LogP contribution in [-0.2, 0) is 4.79 Å². The Bertz CT molecular complexity index is 554. The number of amides is 1. The lowest BCUT2D eigenvalue weighted by Crippen LogP contribution is -2.80. The average Bonchev–Trinajstić information content (AvgIpc) is 2.92. The SMILES string of the molecule is CCCCCC1(N2CC(=O)NC2=S)N(C(=S)NCCC)CCNC1(C)C. The molecule has 2 aliphatic heterocycles. The van der Waals surface area contributed by atoms with E-state index in [4.69, 9.17) is 24.4 Å². The summed E-state index contributed by atoms with van der Waals surface area (Å²) in [6.07, 6.45) is 5.25. The Kier molecular flexibility index (Phi) is 7.21. The number of rotatable bonds is 7. The van der Waals surface area contributed by atoms with Crippen molar-refractivity contribution in [2.75, 3.05) is 26.2 Å². The number of carbonyl (C=O) groups is 1. The number of unbranched alkanes of at least 4 members (excludes halogenated alkanes) is 2. The molecule has 26 heavy (non-hydrogen) atoms. The Balaban J connectivity index is 2.46. The highest BCUT2D eigenvalue weighted by atomic mass is 32.1. The molecule has 2 aliphatic rings. The lowest BCUT2D eigenvalue weighted by atomic mass is 9.78. The van der Waals surface area contributed by atoms with E-state index in [2.05, 4.69) is 53.4 Å². The van der Waals surface area contributed by atoms with Gasteiger partial charge >= 0.3 is 0 Å². The van der Waals surface area contributed by atoms with Gasteiger partial charge in [-0.05, 0) is 57.5 Å². The van der Waals surface area contributed by atoms with Crippen molar-refractivity contribution in [2.45, 2.75) is 71.0 Å². The van der Waals surface area contributed by atoms with Crippen molar-refractivity contribution < 1.29 is 4.79 Å². The highest BCUT2D eigenvalue weighted by Gasteiger charge is 2.58. The lowest BCUT2D eigenvalue weighted by Gasteiger charge is -2.61. The molecule has 2 heterocycles. The Morgan fingerprint density at radius 1 is 1.27 bits per heavy atom. The Morgan fingerprint density at radius 3 is 2.58 bits per heavy atom. The molecule has 2 rings (SSSR count). The molecular weight excluding hydrogens is 366 g/mol. The molecule has 2 fully saturated rings. The van der Waals surface area contributed by atoms with Crippen molar-refractivity contribution >= 4 is 40.6 Å². The van der Waals surface area contributed by atoms with Crippen LogP contribution in [0, 0.1) is 0 Å². The van der Waals surface area contributed by atoms with Crippen molar-refractivity contribution in [1.82, 2.24) is 25.8 Å². The van der Waals surface area contributed by atoms with Crippen LogP contribution >= 0.6 is 24.4 Å². The van der Waals surface area contributed by atoms with E-state index in [9.17, 15) is 4.79 Å². The third-order valence-corrected chi connectivity index (χ3v) is 6.18. The van der Waals surface area contributed by atoms with Crippen molar-refractivity contribution in [2.24, 2.45) is 0 Å². The number of hydrogen-bond acceptors (Lipinski definition) is 4. The number of nitrogens with one attached hydrogen (secondary N) is 3. The smallest absolute Gasteiger partial charge is 0.245 e. The van der Waals surface area contributed by atoms with Gasteiger partial charge in [0.15, 0.2) is 10.2 Å². The second kappa shape index (κ2) is 8.80. The predicted octanol–water partition coefficient (Wildman–Crippen LogP) is 1.95. The molecule has 6 nitrogen and oxygen atoms in total. The average molecular weight is 400 g/mol. The topological polar surface area (TPSA) is 59.6 Å². The van der Waals surface area contributed by atoms with Gasteiger partial charge in [-0.2, -0.15) is 0 Å². The number of piperazine rings is 1. The standard InChI is InChI=1S/C18H33N5OS2/c1-5-7-8-9-18(23-13-14(24)21-16(23)26)17(3,4)20-11-12-22(18)15(25)19-10-6-2/h20H,5-13H2,1-4H3,(H,19,25)(H,21,24,26). The largest absolute Gasteiger partial charge is 0.363 e. The van der Waals surface area contributed by atoms with Gasteiger partial charge < -0.3 is 25.8 Å². The van der Waals surface area contributed by atoms with E-state index < -0.39 is 5.66 Å². The first-order chi connectivity index (χ1) is 12.3. The van der Waals surface area contributed by atoms with Crippen molar-refractivity contribution in [1.29, 1.82) is 0 Å². The molecule has 148 valence electrons. The Morgan fingerprint density at radius 2 is 2.00 bits per heavy atom. The maximum Gasteiger partial charge on any atom is 0.245 e. The molecule has 0 aromatic heterocycles. The van der Waals surface area contributed by atoms with Crippen LogP contribution in [0.25, 0.3) is 0 Å². The third kappa shape index (κ3) is 3.97. The van der Waals surface area contributed by atoms with Crippen LogP contribution < -0.4 is 16.0 Å². The minimum Gasteiger partial charge on any atom is -0.363 e. The summed E-state index contributed by atoms with van der Waals surface area (Å²) in [5, 5.41) is 11.1. The quantitative estimate of drug-likeness (QED) is 0.447. The fourth-order valence-electron chi connectivity index (χ4n) is 4.17. The van der Waals surface area contributed by atoms with E-state index in [0.717, 1.165) is 56.9 Å². The van der Waals surface area contributed by atoms with Gasteiger partial charge in [-0.25, -0.2) is 0 Å². The monoisotopic (exact) mass is 399 g/mol. The summed E-state index contributed by atoms with van der Waals surface area (Å²) in [4.78, 5) is 16.4. The van der Waals surface area contributed by atoms with Gasteiger partial charge in [-0.1, -0.05) is 26.7 Å². The van der Waals surface area contributed by atoms with Crippen LogP contribution in [0.1, 0.15) is 59.8 Å². The maximum atomic E-state index is 12.1. The lowest BCUT2D eigenvalue weighted by molar-refractivity contribution is -0.122. The second-order valence-corrected chi connectivity index (χ2v) is 8.42. The second-order valence-electron chi connectivity index (χ2n) is 7.65. The first-order valence-corrected chi connectivity index (χ1v) is 10.5. The predicted molar refractivity (Wildman–Crippen MR) is 114 cm³/mol. The molecule has 1 unspecified atom stereocenters. The number of carbonyl (C=O) groups excluding carboxylic acids is 1. The summed E-state index contributed by atoms with van der Waals surface area (Å²) in [5.41, 5.74) is -0.762. The minimum atomic E-state index is -0.478. The Labute approximate surface area is 168 Å². The number of nitrogens with zero attached hydrogens (tertiary/aromatic N) is 2. The molecule has 0 bridgehead atoms. The van der Waals surface area contributed by atoms with E-state index in [0.29, 0.717) is 5.11 Å². The first-order valence-electron chi connectivity index (χ1n) is 9.72. The zero-order valence-corrected chi connectivity index (χ0v) is 18.1. The Hall–Kier alpha value is -0.990. The van der Waals surface area contributed by atoms with Crippen LogP contribution in [0.3, 0.4) is 0 Å².